The molecule has 2 N–H and O–H groups in total. The van der Waals surface area contributed by atoms with E-state index in [9.17, 15) is 4.39 Å². The van der Waals surface area contributed by atoms with E-state index in [1.54, 1.807) is 24.3 Å². The maximum Gasteiger partial charge on any atom is 0.146 e. The second-order valence-corrected chi connectivity index (χ2v) is 5.41. The van der Waals surface area contributed by atoms with Crippen molar-refractivity contribution >= 4 is 34.6 Å². The zero-order valence-corrected chi connectivity index (χ0v) is 13.1. The summed E-state index contributed by atoms with van der Waals surface area (Å²) in [4.78, 5) is 8.27. The van der Waals surface area contributed by atoms with Crippen LogP contribution in [0, 0.1) is 12.7 Å². The van der Waals surface area contributed by atoms with Crippen LogP contribution in [0.25, 0.3) is 0 Å². The molecule has 0 aliphatic carbocycles. The first kappa shape index (κ1) is 15.2. The van der Waals surface area contributed by atoms with E-state index in [0.29, 0.717) is 22.3 Å². The van der Waals surface area contributed by atoms with Gasteiger partial charge in [-0.3, -0.25) is 0 Å². The Morgan fingerprint density at radius 2 is 1.61 bits per heavy atom. The molecule has 1 heterocycles. The van der Waals surface area contributed by atoms with Crippen molar-refractivity contribution in [2.24, 2.45) is 0 Å². The van der Waals surface area contributed by atoms with Gasteiger partial charge in [-0.05, 0) is 36.8 Å². The van der Waals surface area contributed by atoms with Gasteiger partial charge in [0.2, 0.25) is 0 Å². The molecule has 3 rings (SSSR count). The van der Waals surface area contributed by atoms with Gasteiger partial charge in [-0.1, -0.05) is 29.8 Å². The van der Waals surface area contributed by atoms with E-state index in [1.165, 1.54) is 12.4 Å². The highest BCUT2D eigenvalue weighted by atomic mass is 35.5. The van der Waals surface area contributed by atoms with Crippen LogP contribution < -0.4 is 10.6 Å². The van der Waals surface area contributed by atoms with Crippen LogP contribution in [0.15, 0.2) is 54.9 Å². The Labute approximate surface area is 138 Å². The molecule has 23 heavy (non-hydrogen) atoms. The number of aromatic nitrogens is 2. The van der Waals surface area contributed by atoms with Gasteiger partial charge in [0.1, 0.15) is 23.8 Å². The van der Waals surface area contributed by atoms with E-state index >= 15 is 0 Å². The molecule has 4 nitrogen and oxygen atoms in total. The number of aryl methyl sites for hydroxylation is 1. The van der Waals surface area contributed by atoms with Crippen LogP contribution in [0.5, 0.6) is 0 Å². The van der Waals surface area contributed by atoms with Crippen molar-refractivity contribution in [3.8, 4) is 0 Å². The SMILES string of the molecule is Cc1ccc(Cl)cc1Nc1cc(Nc2ccccc2F)ncn1. The van der Waals surface area contributed by atoms with Crippen molar-refractivity contribution in [1.29, 1.82) is 0 Å². The second-order valence-electron chi connectivity index (χ2n) is 4.98. The molecule has 0 radical (unpaired) electrons. The summed E-state index contributed by atoms with van der Waals surface area (Å²) in [5.41, 5.74) is 2.25. The predicted molar refractivity (Wildman–Crippen MR) is 91.2 cm³/mol. The molecule has 0 aliphatic heterocycles. The molecule has 0 unspecified atom stereocenters. The van der Waals surface area contributed by atoms with Crippen LogP contribution in [0.1, 0.15) is 5.56 Å². The van der Waals surface area contributed by atoms with Crippen LogP contribution in [0.4, 0.5) is 27.4 Å². The number of para-hydroxylation sites is 1. The Bertz CT molecular complexity index is 838. The molecular weight excluding hydrogens is 315 g/mol. The van der Waals surface area contributed by atoms with Crippen molar-refractivity contribution in [2.75, 3.05) is 10.6 Å². The summed E-state index contributed by atoms with van der Waals surface area (Å²) in [6.45, 7) is 1.97. The first-order chi connectivity index (χ1) is 11.1. The average Bonchev–Trinajstić information content (AvgIpc) is 2.54. The molecule has 0 saturated carbocycles. The number of anilines is 4. The molecular formula is C17H14ClFN4. The second kappa shape index (κ2) is 6.62. The Kier molecular flexibility index (Phi) is 4.39. The van der Waals surface area contributed by atoms with Gasteiger partial charge in [0, 0.05) is 16.8 Å². The maximum absolute atomic E-state index is 13.7. The molecule has 0 spiro atoms. The smallest absolute Gasteiger partial charge is 0.146 e. The third-order valence-corrected chi connectivity index (χ3v) is 3.50. The van der Waals surface area contributed by atoms with Crippen LogP contribution in [0.2, 0.25) is 5.02 Å². The van der Waals surface area contributed by atoms with Crippen LogP contribution >= 0.6 is 11.6 Å². The topological polar surface area (TPSA) is 49.8 Å². The lowest BCUT2D eigenvalue weighted by molar-refractivity contribution is 0.632. The Balaban J connectivity index is 1.83. The minimum absolute atomic E-state index is 0.341. The first-order valence-electron chi connectivity index (χ1n) is 6.98. The number of nitrogens with zero attached hydrogens (tertiary/aromatic N) is 2. The Hall–Kier alpha value is -2.66. The molecule has 0 saturated heterocycles. The largest absolute Gasteiger partial charge is 0.340 e. The van der Waals surface area contributed by atoms with Crippen molar-refractivity contribution in [3.05, 3.63) is 71.3 Å². The van der Waals surface area contributed by atoms with Crippen molar-refractivity contribution in [1.82, 2.24) is 9.97 Å². The van der Waals surface area contributed by atoms with Gasteiger partial charge >= 0.3 is 0 Å². The highest BCUT2D eigenvalue weighted by molar-refractivity contribution is 6.30. The van der Waals surface area contributed by atoms with E-state index in [4.69, 9.17) is 11.6 Å². The molecule has 0 amide bonds. The van der Waals surface area contributed by atoms with Crippen molar-refractivity contribution in [3.63, 3.8) is 0 Å². The number of rotatable bonds is 4. The third kappa shape index (κ3) is 3.76. The summed E-state index contributed by atoms with van der Waals surface area (Å²) in [6, 6.07) is 13.7. The molecule has 3 aromatic rings. The Morgan fingerprint density at radius 3 is 2.35 bits per heavy atom. The standard InChI is InChI=1S/C17H14ClFN4/c1-11-6-7-12(18)8-15(11)23-17-9-16(20-10-21-17)22-14-5-3-2-4-13(14)19/h2-10H,1H3,(H2,20,21,22,23). The summed E-state index contributed by atoms with van der Waals surface area (Å²) in [7, 11) is 0. The molecule has 2 aromatic carbocycles. The molecule has 0 bridgehead atoms. The van der Waals surface area contributed by atoms with Gasteiger partial charge in [-0.25, -0.2) is 14.4 Å². The number of hydrogen-bond donors (Lipinski definition) is 2. The number of benzene rings is 2. The minimum Gasteiger partial charge on any atom is -0.340 e. The molecule has 0 fully saturated rings. The molecule has 116 valence electrons. The summed E-state index contributed by atoms with van der Waals surface area (Å²) in [6.07, 6.45) is 1.41. The minimum atomic E-state index is -0.341. The van der Waals surface area contributed by atoms with E-state index in [-0.39, 0.29) is 5.82 Å². The van der Waals surface area contributed by atoms with E-state index < -0.39 is 0 Å². The lowest BCUT2D eigenvalue weighted by Gasteiger charge is -2.11. The lowest BCUT2D eigenvalue weighted by Crippen LogP contribution is -2.00. The summed E-state index contributed by atoms with van der Waals surface area (Å²) in [5.74, 6) is 0.739. The molecule has 6 heteroatoms. The molecule has 1 aromatic heterocycles. The highest BCUT2D eigenvalue weighted by Gasteiger charge is 2.05. The average molecular weight is 329 g/mol. The molecule has 0 atom stereocenters. The van der Waals surface area contributed by atoms with Crippen molar-refractivity contribution < 1.29 is 4.39 Å². The van der Waals surface area contributed by atoms with E-state index in [0.717, 1.165) is 11.3 Å². The predicted octanol–water partition coefficient (Wildman–Crippen LogP) is 5.06. The number of halogens is 2. The van der Waals surface area contributed by atoms with Gasteiger partial charge in [0.05, 0.1) is 5.69 Å². The zero-order valence-electron chi connectivity index (χ0n) is 12.3. The first-order valence-corrected chi connectivity index (χ1v) is 7.36. The van der Waals surface area contributed by atoms with Crippen LogP contribution in [-0.4, -0.2) is 9.97 Å². The van der Waals surface area contributed by atoms with Gasteiger partial charge < -0.3 is 10.6 Å². The number of hydrogen-bond acceptors (Lipinski definition) is 4. The maximum atomic E-state index is 13.7. The fraction of sp³-hybridized carbons (Fsp3) is 0.0588. The quantitative estimate of drug-likeness (QED) is 0.702. The zero-order chi connectivity index (χ0) is 16.2. The summed E-state index contributed by atoms with van der Waals surface area (Å²) in [5, 5.41) is 6.75. The number of nitrogens with one attached hydrogen (secondary N) is 2. The van der Waals surface area contributed by atoms with Gasteiger partial charge in [0.25, 0.3) is 0 Å². The highest BCUT2D eigenvalue weighted by Crippen LogP contribution is 2.25. The summed E-state index contributed by atoms with van der Waals surface area (Å²) < 4.78 is 13.7. The summed E-state index contributed by atoms with van der Waals surface area (Å²) >= 11 is 6.01. The molecule has 0 aliphatic rings. The van der Waals surface area contributed by atoms with Crippen LogP contribution in [0.3, 0.4) is 0 Å². The van der Waals surface area contributed by atoms with Gasteiger partial charge in [-0.15, -0.1) is 0 Å². The van der Waals surface area contributed by atoms with Crippen LogP contribution in [-0.2, 0) is 0 Å². The normalized spacial score (nSPS) is 10.4. The fourth-order valence-corrected chi connectivity index (χ4v) is 2.23. The van der Waals surface area contributed by atoms with Gasteiger partial charge in [0.15, 0.2) is 0 Å². The Morgan fingerprint density at radius 1 is 0.913 bits per heavy atom. The van der Waals surface area contributed by atoms with Gasteiger partial charge in [-0.2, -0.15) is 0 Å². The lowest BCUT2D eigenvalue weighted by atomic mass is 10.2. The van der Waals surface area contributed by atoms with E-state index in [1.807, 2.05) is 25.1 Å². The fourth-order valence-electron chi connectivity index (χ4n) is 2.06. The van der Waals surface area contributed by atoms with Crippen molar-refractivity contribution in [2.45, 2.75) is 6.92 Å². The monoisotopic (exact) mass is 328 g/mol. The van der Waals surface area contributed by atoms with E-state index in [2.05, 4.69) is 20.6 Å². The third-order valence-electron chi connectivity index (χ3n) is 3.27.